The highest BCUT2D eigenvalue weighted by Crippen LogP contribution is 2.31. The number of halogens is 1. The second kappa shape index (κ2) is 8.05. The summed E-state index contributed by atoms with van der Waals surface area (Å²) < 4.78 is 13.7. The maximum atomic E-state index is 13.7. The monoisotopic (exact) mass is 342 g/mol. The van der Waals surface area contributed by atoms with Crippen molar-refractivity contribution < 1.29 is 9.18 Å². The topological polar surface area (TPSA) is 58.1 Å². The van der Waals surface area contributed by atoms with Crippen LogP contribution in [-0.2, 0) is 0 Å². The minimum Gasteiger partial charge on any atom is -0.355 e. The molecule has 2 heterocycles. The zero-order valence-electron chi connectivity index (χ0n) is 14.4. The Hall–Kier alpha value is -2.50. The molecule has 1 aromatic carbocycles. The van der Waals surface area contributed by atoms with Crippen LogP contribution >= 0.6 is 0 Å². The van der Waals surface area contributed by atoms with E-state index < -0.39 is 0 Å². The smallest absolute Gasteiger partial charge is 0.257 e. The highest BCUT2D eigenvalue weighted by molar-refractivity contribution is 5.94. The molecule has 6 heteroatoms. The highest BCUT2D eigenvalue weighted by Gasteiger charge is 2.28. The summed E-state index contributed by atoms with van der Waals surface area (Å²) in [7, 11) is 0. The second-order valence-electron chi connectivity index (χ2n) is 6.24. The molecule has 1 aliphatic heterocycles. The van der Waals surface area contributed by atoms with Crippen molar-refractivity contribution in [1.29, 1.82) is 0 Å². The number of nitrogens with one attached hydrogen (secondary N) is 1. The molecule has 0 bridgehead atoms. The summed E-state index contributed by atoms with van der Waals surface area (Å²) in [5, 5.41) is 3.02. The minimum absolute atomic E-state index is 0.0980. The Bertz CT molecular complexity index is 720. The maximum absolute atomic E-state index is 13.7. The molecule has 2 aromatic rings. The fourth-order valence-electron chi connectivity index (χ4n) is 3.27. The van der Waals surface area contributed by atoms with E-state index in [0.717, 1.165) is 37.8 Å². The molecule has 1 atom stereocenters. The van der Waals surface area contributed by atoms with E-state index in [0.29, 0.717) is 18.1 Å². The number of benzene rings is 1. The molecular formula is C19H23FN4O. The highest BCUT2D eigenvalue weighted by atomic mass is 19.1. The van der Waals surface area contributed by atoms with E-state index in [1.54, 1.807) is 18.5 Å². The van der Waals surface area contributed by atoms with Crippen LogP contribution in [0, 0.1) is 5.82 Å². The third kappa shape index (κ3) is 4.13. The molecule has 1 fully saturated rings. The summed E-state index contributed by atoms with van der Waals surface area (Å²) in [4.78, 5) is 23.2. The number of aromatic nitrogens is 2. The molecule has 0 radical (unpaired) electrons. The Morgan fingerprint density at radius 1 is 1.28 bits per heavy atom. The summed E-state index contributed by atoms with van der Waals surface area (Å²) >= 11 is 0. The molecule has 5 nitrogen and oxygen atoms in total. The van der Waals surface area contributed by atoms with E-state index in [-0.39, 0.29) is 17.8 Å². The third-order valence-corrected chi connectivity index (χ3v) is 4.48. The van der Waals surface area contributed by atoms with Crippen molar-refractivity contribution in [3.8, 4) is 0 Å². The molecule has 132 valence electrons. The molecule has 1 saturated heterocycles. The van der Waals surface area contributed by atoms with Crippen LogP contribution in [0.15, 0.2) is 36.7 Å². The Morgan fingerprint density at radius 3 is 2.80 bits per heavy atom. The molecule has 1 aliphatic rings. The zero-order chi connectivity index (χ0) is 17.6. The molecular weight excluding hydrogens is 319 g/mol. The van der Waals surface area contributed by atoms with Gasteiger partial charge in [-0.15, -0.1) is 0 Å². The largest absolute Gasteiger partial charge is 0.355 e. The lowest BCUT2D eigenvalue weighted by atomic mass is 10.00. The van der Waals surface area contributed by atoms with Gasteiger partial charge < -0.3 is 10.2 Å². The Kier molecular flexibility index (Phi) is 5.58. The first-order valence-electron chi connectivity index (χ1n) is 8.81. The number of nitrogens with zero attached hydrogens (tertiary/aromatic N) is 3. The van der Waals surface area contributed by atoms with E-state index >= 15 is 0 Å². The van der Waals surface area contributed by atoms with Crippen LogP contribution in [0.2, 0.25) is 0 Å². The summed E-state index contributed by atoms with van der Waals surface area (Å²) in [6, 6.07) is 6.44. The van der Waals surface area contributed by atoms with Gasteiger partial charge in [0.15, 0.2) is 0 Å². The van der Waals surface area contributed by atoms with Crippen LogP contribution in [-0.4, -0.2) is 33.9 Å². The van der Waals surface area contributed by atoms with Gasteiger partial charge in [0.25, 0.3) is 5.91 Å². The van der Waals surface area contributed by atoms with Gasteiger partial charge in [0, 0.05) is 25.5 Å². The standard InChI is InChI=1S/C19H23FN4O/c1-2-21-19-22-12-15(13-23-19)18(25)24-10-5-3-4-9-17(24)14-7-6-8-16(20)11-14/h6-8,11-13,17H,2-5,9-10H2,1H3,(H,21,22,23)/t17-/m1/s1. The number of hydrogen-bond donors (Lipinski definition) is 1. The molecule has 1 N–H and O–H groups in total. The number of rotatable bonds is 4. The first kappa shape index (κ1) is 17.3. The summed E-state index contributed by atoms with van der Waals surface area (Å²) in [6.07, 6.45) is 7.01. The van der Waals surface area contributed by atoms with Crippen molar-refractivity contribution in [3.05, 3.63) is 53.6 Å². The molecule has 0 saturated carbocycles. The molecule has 3 rings (SSSR count). The quantitative estimate of drug-likeness (QED) is 0.918. The maximum Gasteiger partial charge on any atom is 0.257 e. The van der Waals surface area contributed by atoms with Crippen molar-refractivity contribution in [3.63, 3.8) is 0 Å². The van der Waals surface area contributed by atoms with Crippen molar-refractivity contribution in [2.75, 3.05) is 18.4 Å². The lowest BCUT2D eigenvalue weighted by Gasteiger charge is -2.30. The Balaban J connectivity index is 1.86. The lowest BCUT2D eigenvalue weighted by molar-refractivity contribution is 0.0679. The van der Waals surface area contributed by atoms with Crippen molar-refractivity contribution in [2.24, 2.45) is 0 Å². The van der Waals surface area contributed by atoms with E-state index in [1.807, 2.05) is 17.9 Å². The zero-order valence-corrected chi connectivity index (χ0v) is 14.4. The third-order valence-electron chi connectivity index (χ3n) is 4.48. The van der Waals surface area contributed by atoms with Gasteiger partial charge in [0.05, 0.1) is 11.6 Å². The van der Waals surface area contributed by atoms with E-state index in [4.69, 9.17) is 0 Å². The molecule has 25 heavy (non-hydrogen) atoms. The molecule has 0 aliphatic carbocycles. The number of carbonyl (C=O) groups excluding carboxylic acids is 1. The first-order valence-corrected chi connectivity index (χ1v) is 8.81. The summed E-state index contributed by atoms with van der Waals surface area (Å²) in [5.74, 6) is 0.142. The average molecular weight is 342 g/mol. The van der Waals surface area contributed by atoms with Crippen molar-refractivity contribution in [2.45, 2.75) is 38.6 Å². The fraction of sp³-hybridized carbons (Fsp3) is 0.421. The van der Waals surface area contributed by atoms with Gasteiger partial charge in [0.2, 0.25) is 5.95 Å². The number of hydrogen-bond acceptors (Lipinski definition) is 4. The van der Waals surface area contributed by atoms with Gasteiger partial charge in [0.1, 0.15) is 5.82 Å². The van der Waals surface area contributed by atoms with Gasteiger partial charge in [-0.1, -0.05) is 25.0 Å². The van der Waals surface area contributed by atoms with Crippen LogP contribution in [0.1, 0.15) is 54.6 Å². The number of carbonyl (C=O) groups is 1. The van der Waals surface area contributed by atoms with Gasteiger partial charge in [-0.25, -0.2) is 14.4 Å². The number of amides is 1. The van der Waals surface area contributed by atoms with Gasteiger partial charge in [-0.05, 0) is 37.5 Å². The predicted molar refractivity (Wildman–Crippen MR) is 94.8 cm³/mol. The van der Waals surface area contributed by atoms with Crippen LogP contribution in [0.5, 0.6) is 0 Å². The second-order valence-corrected chi connectivity index (χ2v) is 6.24. The molecule has 0 spiro atoms. The van der Waals surface area contributed by atoms with Crippen molar-refractivity contribution >= 4 is 11.9 Å². The van der Waals surface area contributed by atoms with Gasteiger partial charge in [-0.2, -0.15) is 0 Å². The Morgan fingerprint density at radius 2 is 2.08 bits per heavy atom. The minimum atomic E-state index is -0.271. The van der Waals surface area contributed by atoms with Crippen LogP contribution in [0.25, 0.3) is 0 Å². The van der Waals surface area contributed by atoms with Gasteiger partial charge in [-0.3, -0.25) is 4.79 Å². The predicted octanol–water partition coefficient (Wildman–Crippen LogP) is 3.81. The first-order chi connectivity index (χ1) is 12.2. The summed E-state index contributed by atoms with van der Waals surface area (Å²) in [6.45, 7) is 3.35. The van der Waals surface area contributed by atoms with Crippen molar-refractivity contribution in [1.82, 2.24) is 14.9 Å². The summed E-state index contributed by atoms with van der Waals surface area (Å²) in [5.41, 5.74) is 1.31. The van der Waals surface area contributed by atoms with E-state index in [1.165, 1.54) is 12.1 Å². The lowest BCUT2D eigenvalue weighted by Crippen LogP contribution is -2.35. The van der Waals surface area contributed by atoms with Crippen LogP contribution < -0.4 is 5.32 Å². The van der Waals surface area contributed by atoms with Gasteiger partial charge >= 0.3 is 0 Å². The fourth-order valence-corrected chi connectivity index (χ4v) is 3.27. The van der Waals surface area contributed by atoms with Crippen LogP contribution in [0.4, 0.5) is 10.3 Å². The molecule has 0 unspecified atom stereocenters. The molecule has 1 amide bonds. The average Bonchev–Trinajstić information content (AvgIpc) is 2.88. The number of likely N-dealkylation sites (tertiary alicyclic amines) is 1. The Labute approximate surface area is 147 Å². The molecule has 1 aromatic heterocycles. The van der Waals surface area contributed by atoms with Crippen LogP contribution in [0.3, 0.4) is 0 Å². The number of anilines is 1. The van der Waals surface area contributed by atoms with E-state index in [2.05, 4.69) is 15.3 Å². The SMILES string of the molecule is CCNc1ncc(C(=O)N2CCCCC[C@@H]2c2cccc(F)c2)cn1. The normalized spacial score (nSPS) is 17.8. The van der Waals surface area contributed by atoms with E-state index in [9.17, 15) is 9.18 Å².